The highest BCUT2D eigenvalue weighted by molar-refractivity contribution is 5.92. The lowest BCUT2D eigenvalue weighted by molar-refractivity contribution is -0.141. The molecule has 3 aromatic heterocycles. The van der Waals surface area contributed by atoms with Gasteiger partial charge in [-0.25, -0.2) is 18.7 Å². The molecule has 0 radical (unpaired) electrons. The highest BCUT2D eigenvalue weighted by Gasteiger charge is 2.34. The third kappa shape index (κ3) is 4.18. The van der Waals surface area contributed by atoms with E-state index in [9.17, 15) is 22.0 Å². The second-order valence-corrected chi connectivity index (χ2v) is 7.36. The average Bonchev–Trinajstić information content (AvgIpc) is 3.00. The quantitative estimate of drug-likeness (QED) is 0.515. The van der Waals surface area contributed by atoms with Crippen LogP contribution >= 0.6 is 0 Å². The third-order valence-corrected chi connectivity index (χ3v) is 4.85. The second-order valence-electron chi connectivity index (χ2n) is 7.36. The predicted octanol–water partition coefficient (Wildman–Crippen LogP) is 6.10. The summed E-state index contributed by atoms with van der Waals surface area (Å²) in [6.45, 7) is 5.46. The molecular formula is C20H21F5N4. The van der Waals surface area contributed by atoms with Crippen LogP contribution in [0.1, 0.15) is 30.8 Å². The molecule has 1 N–H and O–H groups in total. The molecule has 0 aliphatic heterocycles. The molecule has 0 unspecified atom stereocenters. The van der Waals surface area contributed by atoms with Crippen LogP contribution in [0.5, 0.6) is 0 Å². The molecule has 0 aliphatic rings. The lowest BCUT2D eigenvalue weighted by atomic mass is 10.1. The Balaban J connectivity index is 1.99. The van der Waals surface area contributed by atoms with Crippen molar-refractivity contribution in [2.45, 2.75) is 46.3 Å². The molecule has 156 valence electrons. The molecule has 29 heavy (non-hydrogen) atoms. The monoisotopic (exact) mass is 412 g/mol. The molecule has 0 aromatic carbocycles. The van der Waals surface area contributed by atoms with Crippen molar-refractivity contribution in [2.75, 3.05) is 5.32 Å². The van der Waals surface area contributed by atoms with Crippen LogP contribution in [-0.4, -0.2) is 20.5 Å². The Morgan fingerprint density at radius 2 is 1.79 bits per heavy atom. The standard InChI is InChI=1S/C20H21F5N4/c1-11(2)19(21,22)10-29-8-6-14-15(29)5-7-26-18(14)28-17-12(3)9-16(20(23,24)25)27-13(17)4/h5-9,11H,10H2,1-4H3,(H,26,28). The minimum atomic E-state index is -4.54. The fourth-order valence-corrected chi connectivity index (χ4v) is 3.05. The van der Waals surface area contributed by atoms with Gasteiger partial charge in [-0.2, -0.15) is 13.2 Å². The molecular weight excluding hydrogens is 391 g/mol. The number of halogens is 5. The Hall–Kier alpha value is -2.71. The van der Waals surface area contributed by atoms with Gasteiger partial charge in [0.15, 0.2) is 0 Å². The maximum Gasteiger partial charge on any atom is 0.433 e. The molecule has 0 aliphatic carbocycles. The molecule has 0 spiro atoms. The number of fused-ring (bicyclic) bond motifs is 1. The largest absolute Gasteiger partial charge is 0.433 e. The van der Waals surface area contributed by atoms with E-state index in [0.29, 0.717) is 28.0 Å². The lowest BCUT2D eigenvalue weighted by Crippen LogP contribution is -2.29. The Bertz CT molecular complexity index is 1010. The van der Waals surface area contributed by atoms with E-state index >= 15 is 0 Å². The molecule has 3 rings (SSSR count). The molecule has 9 heteroatoms. The Morgan fingerprint density at radius 3 is 2.38 bits per heavy atom. The Kier molecular flexibility index (Phi) is 5.27. The molecule has 3 aromatic rings. The van der Waals surface area contributed by atoms with Crippen molar-refractivity contribution in [1.29, 1.82) is 0 Å². The fourth-order valence-electron chi connectivity index (χ4n) is 3.05. The Labute approximate surface area is 164 Å². The maximum absolute atomic E-state index is 14.2. The zero-order valence-electron chi connectivity index (χ0n) is 16.4. The summed E-state index contributed by atoms with van der Waals surface area (Å²) < 4.78 is 68.6. The van der Waals surface area contributed by atoms with Gasteiger partial charge in [-0.15, -0.1) is 0 Å². The number of alkyl halides is 5. The summed E-state index contributed by atoms with van der Waals surface area (Å²) in [7, 11) is 0. The van der Waals surface area contributed by atoms with Crippen molar-refractivity contribution in [1.82, 2.24) is 14.5 Å². The van der Waals surface area contributed by atoms with Gasteiger partial charge in [0, 0.05) is 23.7 Å². The molecule has 0 saturated carbocycles. The first-order chi connectivity index (χ1) is 13.4. The van der Waals surface area contributed by atoms with E-state index < -0.39 is 30.3 Å². The zero-order valence-corrected chi connectivity index (χ0v) is 16.4. The predicted molar refractivity (Wildman–Crippen MR) is 102 cm³/mol. The van der Waals surface area contributed by atoms with Gasteiger partial charge in [0.1, 0.15) is 11.5 Å². The third-order valence-electron chi connectivity index (χ3n) is 4.85. The van der Waals surface area contributed by atoms with Gasteiger partial charge < -0.3 is 9.88 Å². The number of aryl methyl sites for hydroxylation is 2. The van der Waals surface area contributed by atoms with Gasteiger partial charge >= 0.3 is 6.18 Å². The summed E-state index contributed by atoms with van der Waals surface area (Å²) in [5.74, 6) is -3.34. The Morgan fingerprint density at radius 1 is 1.10 bits per heavy atom. The number of hydrogen-bond acceptors (Lipinski definition) is 3. The van der Waals surface area contributed by atoms with E-state index in [2.05, 4.69) is 15.3 Å². The van der Waals surface area contributed by atoms with E-state index in [-0.39, 0.29) is 5.69 Å². The molecule has 3 heterocycles. The van der Waals surface area contributed by atoms with Crippen LogP contribution in [0.4, 0.5) is 33.5 Å². The fraction of sp³-hybridized carbons (Fsp3) is 0.400. The number of anilines is 2. The SMILES string of the molecule is Cc1cc(C(F)(F)F)nc(C)c1Nc1nccc2c1ccn2CC(F)(F)C(C)C. The normalized spacial score (nSPS) is 12.8. The summed E-state index contributed by atoms with van der Waals surface area (Å²) in [6.07, 6.45) is -1.51. The zero-order chi connectivity index (χ0) is 21.6. The van der Waals surface area contributed by atoms with Crippen LogP contribution in [0.25, 0.3) is 10.9 Å². The molecule has 0 bridgehead atoms. The number of aromatic nitrogens is 3. The molecule has 0 amide bonds. The number of pyridine rings is 2. The molecule has 0 saturated heterocycles. The summed E-state index contributed by atoms with van der Waals surface area (Å²) >= 11 is 0. The van der Waals surface area contributed by atoms with Crippen molar-refractivity contribution in [2.24, 2.45) is 5.92 Å². The van der Waals surface area contributed by atoms with Gasteiger partial charge in [-0.3, -0.25) is 0 Å². The number of nitrogens with one attached hydrogen (secondary N) is 1. The van der Waals surface area contributed by atoms with Crippen molar-refractivity contribution < 1.29 is 22.0 Å². The van der Waals surface area contributed by atoms with Crippen molar-refractivity contribution in [3.63, 3.8) is 0 Å². The van der Waals surface area contributed by atoms with Crippen molar-refractivity contribution >= 4 is 22.4 Å². The van der Waals surface area contributed by atoms with Crippen LogP contribution in [0.15, 0.2) is 30.6 Å². The van der Waals surface area contributed by atoms with E-state index in [0.717, 1.165) is 6.07 Å². The van der Waals surface area contributed by atoms with Crippen LogP contribution in [0, 0.1) is 19.8 Å². The summed E-state index contributed by atoms with van der Waals surface area (Å²) in [5.41, 5.74) is 0.513. The van der Waals surface area contributed by atoms with Gasteiger partial charge in [0.2, 0.25) is 0 Å². The number of hydrogen-bond donors (Lipinski definition) is 1. The van der Waals surface area contributed by atoms with Gasteiger partial charge in [0.05, 0.1) is 23.4 Å². The van der Waals surface area contributed by atoms with Gasteiger partial charge in [-0.05, 0) is 37.6 Å². The first-order valence-electron chi connectivity index (χ1n) is 9.04. The van der Waals surface area contributed by atoms with Crippen LogP contribution in [0.2, 0.25) is 0 Å². The van der Waals surface area contributed by atoms with Crippen LogP contribution in [-0.2, 0) is 12.7 Å². The first kappa shape index (κ1) is 21.0. The smallest absolute Gasteiger partial charge is 0.341 e. The first-order valence-corrected chi connectivity index (χ1v) is 9.04. The van der Waals surface area contributed by atoms with Crippen molar-refractivity contribution in [3.8, 4) is 0 Å². The van der Waals surface area contributed by atoms with Crippen molar-refractivity contribution in [3.05, 3.63) is 47.5 Å². The molecule has 4 nitrogen and oxygen atoms in total. The van der Waals surface area contributed by atoms with Crippen LogP contribution < -0.4 is 5.32 Å². The average molecular weight is 412 g/mol. The number of nitrogens with zero attached hydrogens (tertiary/aromatic N) is 3. The van der Waals surface area contributed by atoms with Gasteiger partial charge in [0.25, 0.3) is 5.92 Å². The second kappa shape index (κ2) is 7.27. The summed E-state index contributed by atoms with van der Waals surface area (Å²) in [5, 5.41) is 3.61. The van der Waals surface area contributed by atoms with Gasteiger partial charge in [-0.1, -0.05) is 13.8 Å². The minimum Gasteiger partial charge on any atom is -0.341 e. The topological polar surface area (TPSA) is 42.7 Å². The summed E-state index contributed by atoms with van der Waals surface area (Å²) in [4.78, 5) is 7.87. The summed E-state index contributed by atoms with van der Waals surface area (Å²) in [6, 6.07) is 4.24. The van der Waals surface area contributed by atoms with Crippen LogP contribution in [0.3, 0.4) is 0 Å². The van der Waals surface area contributed by atoms with E-state index in [1.807, 2.05) is 0 Å². The molecule has 0 fully saturated rings. The van der Waals surface area contributed by atoms with E-state index in [1.165, 1.54) is 31.5 Å². The highest BCUT2D eigenvalue weighted by atomic mass is 19.4. The molecule has 0 atom stereocenters. The minimum absolute atomic E-state index is 0.168. The number of rotatable bonds is 5. The highest BCUT2D eigenvalue weighted by Crippen LogP contribution is 2.34. The van der Waals surface area contributed by atoms with E-state index in [4.69, 9.17) is 0 Å². The van der Waals surface area contributed by atoms with E-state index in [1.54, 1.807) is 25.3 Å². The lowest BCUT2D eigenvalue weighted by Gasteiger charge is -2.21. The maximum atomic E-state index is 14.2.